The number of nitrogens with zero attached hydrogens (tertiary/aromatic N) is 1. The predicted octanol–water partition coefficient (Wildman–Crippen LogP) is 2.41. The Labute approximate surface area is 112 Å². The standard InChI is InChI=1S/C13H19N3O3/c1-9(2)6-7-15-11-5-4-10(13(17)14-3)8-12(11)16(18)19/h4-5,8-9,15H,6-7H2,1-3H3,(H,14,17). The van der Waals surface area contributed by atoms with Crippen molar-refractivity contribution in [1.82, 2.24) is 5.32 Å². The number of carbonyl (C=O) groups is 1. The second-order valence-electron chi connectivity index (χ2n) is 4.68. The molecular weight excluding hydrogens is 246 g/mol. The van der Waals surface area contributed by atoms with Crippen molar-refractivity contribution >= 4 is 17.3 Å². The van der Waals surface area contributed by atoms with Gasteiger partial charge in [-0.2, -0.15) is 0 Å². The molecule has 1 aromatic carbocycles. The smallest absolute Gasteiger partial charge is 0.293 e. The molecule has 2 N–H and O–H groups in total. The van der Waals surface area contributed by atoms with E-state index in [1.165, 1.54) is 13.1 Å². The Bertz CT molecular complexity index is 472. The third kappa shape index (κ3) is 4.24. The summed E-state index contributed by atoms with van der Waals surface area (Å²) in [5.41, 5.74) is 0.645. The number of nitro benzene ring substituents is 1. The first-order valence-corrected chi connectivity index (χ1v) is 6.20. The zero-order valence-electron chi connectivity index (χ0n) is 11.4. The number of anilines is 1. The summed E-state index contributed by atoms with van der Waals surface area (Å²) >= 11 is 0. The monoisotopic (exact) mass is 265 g/mol. The van der Waals surface area contributed by atoms with Gasteiger partial charge in [0.05, 0.1) is 4.92 Å². The van der Waals surface area contributed by atoms with Crippen molar-refractivity contribution in [3.63, 3.8) is 0 Å². The molecule has 0 aliphatic carbocycles. The maximum absolute atomic E-state index is 11.4. The molecule has 6 heteroatoms. The molecule has 1 aromatic rings. The van der Waals surface area contributed by atoms with Gasteiger partial charge in [0, 0.05) is 25.2 Å². The van der Waals surface area contributed by atoms with E-state index >= 15 is 0 Å². The average Bonchev–Trinajstić information content (AvgIpc) is 2.37. The Morgan fingerprint density at radius 1 is 1.42 bits per heavy atom. The van der Waals surface area contributed by atoms with E-state index in [1.807, 2.05) is 0 Å². The van der Waals surface area contributed by atoms with E-state index in [4.69, 9.17) is 0 Å². The quantitative estimate of drug-likeness (QED) is 0.611. The maximum atomic E-state index is 11.4. The molecule has 0 saturated carbocycles. The molecule has 0 radical (unpaired) electrons. The van der Waals surface area contributed by atoms with Gasteiger partial charge in [0.2, 0.25) is 0 Å². The van der Waals surface area contributed by atoms with Crippen LogP contribution in [-0.4, -0.2) is 24.4 Å². The molecule has 0 aromatic heterocycles. The van der Waals surface area contributed by atoms with Gasteiger partial charge in [-0.3, -0.25) is 14.9 Å². The third-order valence-corrected chi connectivity index (χ3v) is 2.72. The van der Waals surface area contributed by atoms with Gasteiger partial charge in [0.25, 0.3) is 11.6 Å². The lowest BCUT2D eigenvalue weighted by atomic mass is 10.1. The lowest BCUT2D eigenvalue weighted by molar-refractivity contribution is -0.384. The lowest BCUT2D eigenvalue weighted by Gasteiger charge is -2.09. The van der Waals surface area contributed by atoms with Crippen molar-refractivity contribution in [2.45, 2.75) is 20.3 Å². The first-order valence-electron chi connectivity index (χ1n) is 6.20. The van der Waals surface area contributed by atoms with Crippen LogP contribution < -0.4 is 10.6 Å². The molecule has 0 unspecified atom stereocenters. The molecule has 0 spiro atoms. The van der Waals surface area contributed by atoms with Gasteiger partial charge >= 0.3 is 0 Å². The fraction of sp³-hybridized carbons (Fsp3) is 0.462. The zero-order valence-corrected chi connectivity index (χ0v) is 11.4. The second kappa shape index (κ2) is 6.72. The molecule has 1 amide bonds. The first kappa shape index (κ1) is 14.9. The molecule has 0 heterocycles. The van der Waals surface area contributed by atoms with Crippen LogP contribution in [0, 0.1) is 16.0 Å². The maximum Gasteiger partial charge on any atom is 0.293 e. The van der Waals surface area contributed by atoms with Gasteiger partial charge < -0.3 is 10.6 Å². The summed E-state index contributed by atoms with van der Waals surface area (Å²) in [6.07, 6.45) is 0.925. The normalized spacial score (nSPS) is 10.3. The summed E-state index contributed by atoms with van der Waals surface area (Å²) in [5.74, 6) is 0.188. The van der Waals surface area contributed by atoms with Gasteiger partial charge in [-0.05, 0) is 24.5 Å². The minimum atomic E-state index is -0.482. The van der Waals surface area contributed by atoms with Crippen molar-refractivity contribution in [3.05, 3.63) is 33.9 Å². The van der Waals surface area contributed by atoms with Crippen LogP contribution in [0.2, 0.25) is 0 Å². The second-order valence-corrected chi connectivity index (χ2v) is 4.68. The number of nitrogens with one attached hydrogen (secondary N) is 2. The zero-order chi connectivity index (χ0) is 14.4. The van der Waals surface area contributed by atoms with Crippen LogP contribution >= 0.6 is 0 Å². The molecule has 0 aliphatic rings. The van der Waals surface area contributed by atoms with E-state index in [-0.39, 0.29) is 17.2 Å². The van der Waals surface area contributed by atoms with Crippen LogP contribution in [0.5, 0.6) is 0 Å². The lowest BCUT2D eigenvalue weighted by Crippen LogP contribution is -2.18. The summed E-state index contributed by atoms with van der Waals surface area (Å²) in [6, 6.07) is 4.43. The summed E-state index contributed by atoms with van der Waals surface area (Å²) < 4.78 is 0. The molecule has 104 valence electrons. The van der Waals surface area contributed by atoms with Crippen molar-refractivity contribution in [1.29, 1.82) is 0 Å². The largest absolute Gasteiger partial charge is 0.379 e. The topological polar surface area (TPSA) is 84.3 Å². The Hall–Kier alpha value is -2.11. The fourth-order valence-corrected chi connectivity index (χ4v) is 1.61. The third-order valence-electron chi connectivity index (χ3n) is 2.72. The number of amides is 1. The summed E-state index contributed by atoms with van der Waals surface area (Å²) in [7, 11) is 1.49. The molecule has 0 aliphatic heterocycles. The molecule has 0 atom stereocenters. The number of nitro groups is 1. The fourth-order valence-electron chi connectivity index (χ4n) is 1.61. The highest BCUT2D eigenvalue weighted by molar-refractivity contribution is 5.95. The van der Waals surface area contributed by atoms with Gasteiger partial charge in [-0.1, -0.05) is 13.8 Å². The van der Waals surface area contributed by atoms with Gasteiger partial charge in [-0.25, -0.2) is 0 Å². The Balaban J connectivity index is 2.92. The van der Waals surface area contributed by atoms with E-state index in [9.17, 15) is 14.9 Å². The summed E-state index contributed by atoms with van der Waals surface area (Å²) in [6.45, 7) is 4.84. The van der Waals surface area contributed by atoms with Crippen LogP contribution in [0.1, 0.15) is 30.6 Å². The number of carbonyl (C=O) groups excluding carboxylic acids is 1. The average molecular weight is 265 g/mol. The Kier molecular flexibility index (Phi) is 5.29. The minimum Gasteiger partial charge on any atom is -0.379 e. The van der Waals surface area contributed by atoms with Crippen molar-refractivity contribution in [2.75, 3.05) is 18.9 Å². The van der Waals surface area contributed by atoms with E-state index in [0.29, 0.717) is 18.2 Å². The highest BCUT2D eigenvalue weighted by Gasteiger charge is 2.16. The summed E-state index contributed by atoms with van der Waals surface area (Å²) in [5, 5.41) is 16.5. The van der Waals surface area contributed by atoms with Gasteiger partial charge in [-0.15, -0.1) is 0 Å². The van der Waals surface area contributed by atoms with Crippen molar-refractivity contribution in [2.24, 2.45) is 5.92 Å². The van der Waals surface area contributed by atoms with E-state index in [2.05, 4.69) is 24.5 Å². The highest BCUT2D eigenvalue weighted by Crippen LogP contribution is 2.25. The van der Waals surface area contributed by atoms with Crippen molar-refractivity contribution < 1.29 is 9.72 Å². The SMILES string of the molecule is CNC(=O)c1ccc(NCCC(C)C)c([N+](=O)[O-])c1. The number of benzene rings is 1. The van der Waals surface area contributed by atoms with Gasteiger partial charge in [0.15, 0.2) is 0 Å². The van der Waals surface area contributed by atoms with E-state index in [1.54, 1.807) is 12.1 Å². The molecule has 0 saturated heterocycles. The molecule has 0 bridgehead atoms. The molecule has 1 rings (SSSR count). The number of hydrogen-bond donors (Lipinski definition) is 2. The molecule has 6 nitrogen and oxygen atoms in total. The molecule has 0 fully saturated rings. The molecule has 19 heavy (non-hydrogen) atoms. The number of rotatable bonds is 6. The van der Waals surface area contributed by atoms with E-state index < -0.39 is 4.92 Å². The molecular formula is C13H19N3O3. The van der Waals surface area contributed by atoms with Crippen LogP contribution in [-0.2, 0) is 0 Å². The Morgan fingerprint density at radius 2 is 2.11 bits per heavy atom. The van der Waals surface area contributed by atoms with Crippen LogP contribution in [0.3, 0.4) is 0 Å². The van der Waals surface area contributed by atoms with E-state index in [0.717, 1.165) is 6.42 Å². The highest BCUT2D eigenvalue weighted by atomic mass is 16.6. The summed E-state index contributed by atoms with van der Waals surface area (Å²) in [4.78, 5) is 22.0. The van der Waals surface area contributed by atoms with Crippen LogP contribution in [0.25, 0.3) is 0 Å². The van der Waals surface area contributed by atoms with Crippen LogP contribution in [0.15, 0.2) is 18.2 Å². The minimum absolute atomic E-state index is 0.0788. The predicted molar refractivity (Wildman–Crippen MR) is 74.4 cm³/mol. The van der Waals surface area contributed by atoms with Crippen LogP contribution in [0.4, 0.5) is 11.4 Å². The van der Waals surface area contributed by atoms with Gasteiger partial charge in [0.1, 0.15) is 5.69 Å². The number of hydrogen-bond acceptors (Lipinski definition) is 4. The first-order chi connectivity index (χ1) is 8.95. The Morgan fingerprint density at radius 3 is 2.63 bits per heavy atom. The van der Waals surface area contributed by atoms with Crippen molar-refractivity contribution in [3.8, 4) is 0 Å².